The van der Waals surface area contributed by atoms with E-state index in [1.807, 2.05) is 12.1 Å². The van der Waals surface area contributed by atoms with E-state index >= 15 is 0 Å². The summed E-state index contributed by atoms with van der Waals surface area (Å²) in [6.45, 7) is 5.85. The highest BCUT2D eigenvalue weighted by Crippen LogP contribution is 2.39. The molecule has 0 aromatic heterocycles. The fourth-order valence-corrected chi connectivity index (χ4v) is 3.17. The lowest BCUT2D eigenvalue weighted by molar-refractivity contribution is 0.0960. The predicted octanol–water partition coefficient (Wildman–Crippen LogP) is 3.59. The minimum atomic E-state index is -0.323. The number of nitrogens with zero attached hydrogens (tertiary/aromatic N) is 1. The number of ether oxygens (including phenoxy) is 2. The van der Waals surface area contributed by atoms with Gasteiger partial charge in [-0.1, -0.05) is 12.1 Å². The number of Topliss-reactive ketones (excluding diaryl/α,β-unsaturated/α-hetero) is 2. The molecule has 0 bridgehead atoms. The molecule has 4 rings (SSSR count). The molecule has 2 aromatic rings. The quantitative estimate of drug-likeness (QED) is 0.802. The van der Waals surface area contributed by atoms with E-state index in [0.29, 0.717) is 22.6 Å². The van der Waals surface area contributed by atoms with Gasteiger partial charge in [0.2, 0.25) is 23.1 Å². The first-order valence-electron chi connectivity index (χ1n) is 8.31. The van der Waals surface area contributed by atoms with E-state index in [9.17, 15) is 9.59 Å². The zero-order chi connectivity index (χ0) is 17.6. The lowest BCUT2D eigenvalue weighted by atomic mass is 10.1. The van der Waals surface area contributed by atoms with Crippen LogP contribution < -0.4 is 14.4 Å². The monoisotopic (exact) mass is 335 g/mol. The number of fused-ring (bicyclic) bond motifs is 2. The molecule has 2 heterocycles. The van der Waals surface area contributed by atoms with E-state index in [1.165, 1.54) is 0 Å². The number of hydrogen-bond acceptors (Lipinski definition) is 5. The maximum atomic E-state index is 12.7. The van der Waals surface area contributed by atoms with Crippen molar-refractivity contribution in [3.8, 4) is 11.5 Å². The Morgan fingerprint density at radius 1 is 0.800 bits per heavy atom. The summed E-state index contributed by atoms with van der Waals surface area (Å²) < 4.78 is 11.3. The van der Waals surface area contributed by atoms with Crippen molar-refractivity contribution in [2.45, 2.75) is 13.8 Å². The Morgan fingerprint density at radius 2 is 1.40 bits per heavy atom. The molecular formula is C20H17NO4. The number of rotatable bonds is 3. The zero-order valence-electron chi connectivity index (χ0n) is 14.0. The molecule has 0 radical (unpaired) electrons. The van der Waals surface area contributed by atoms with Gasteiger partial charge in [-0.05, 0) is 38.1 Å². The third-order valence-corrected chi connectivity index (χ3v) is 4.51. The fraction of sp³-hybridized carbons (Fsp3) is 0.200. The standard InChI is InChI=1S/C20H17NO4/c1-3-21(4-2)12-9-10-14-16(11-12)25-20(18(14)23)19-17(22)13-7-5-6-8-15(13)24-19/h5-11H,3-4H2,1-2H3. The summed E-state index contributed by atoms with van der Waals surface area (Å²) in [7, 11) is 0. The largest absolute Gasteiger partial charge is 0.448 e. The molecule has 0 fully saturated rings. The molecule has 2 aliphatic heterocycles. The molecule has 0 amide bonds. The highest BCUT2D eigenvalue weighted by Gasteiger charge is 2.38. The van der Waals surface area contributed by atoms with Gasteiger partial charge in [0.05, 0.1) is 11.1 Å². The smallest absolute Gasteiger partial charge is 0.236 e. The summed E-state index contributed by atoms with van der Waals surface area (Å²) in [4.78, 5) is 27.4. The molecule has 0 atom stereocenters. The summed E-state index contributed by atoms with van der Waals surface area (Å²) in [6.07, 6.45) is 0. The number of para-hydroxylation sites is 1. The van der Waals surface area contributed by atoms with E-state index in [1.54, 1.807) is 30.3 Å². The van der Waals surface area contributed by atoms with Crippen molar-refractivity contribution < 1.29 is 19.1 Å². The molecule has 0 aliphatic carbocycles. The maximum Gasteiger partial charge on any atom is 0.236 e. The normalized spacial score (nSPS) is 17.8. The van der Waals surface area contributed by atoms with Gasteiger partial charge in [0.1, 0.15) is 11.5 Å². The molecule has 2 aromatic carbocycles. The van der Waals surface area contributed by atoms with Crippen LogP contribution in [0.4, 0.5) is 5.69 Å². The molecule has 2 aliphatic rings. The molecule has 0 unspecified atom stereocenters. The van der Waals surface area contributed by atoms with Gasteiger partial charge < -0.3 is 14.4 Å². The van der Waals surface area contributed by atoms with Crippen molar-refractivity contribution in [1.29, 1.82) is 0 Å². The molecular weight excluding hydrogens is 318 g/mol. The van der Waals surface area contributed by atoms with Gasteiger partial charge >= 0.3 is 0 Å². The Balaban J connectivity index is 1.73. The number of anilines is 1. The molecule has 5 heteroatoms. The lowest BCUT2D eigenvalue weighted by Gasteiger charge is -2.21. The van der Waals surface area contributed by atoms with Crippen LogP contribution in [0.3, 0.4) is 0 Å². The summed E-state index contributed by atoms with van der Waals surface area (Å²) >= 11 is 0. The first-order chi connectivity index (χ1) is 12.1. The highest BCUT2D eigenvalue weighted by molar-refractivity contribution is 6.20. The Kier molecular flexibility index (Phi) is 3.57. The van der Waals surface area contributed by atoms with Crippen molar-refractivity contribution in [2.24, 2.45) is 0 Å². The SMILES string of the molecule is CCN(CC)c1ccc2c(c1)OC(=C1Oc3ccccc3C1=O)C2=O. The van der Waals surface area contributed by atoms with E-state index in [4.69, 9.17) is 9.47 Å². The molecule has 0 saturated heterocycles. The number of benzene rings is 2. The zero-order valence-corrected chi connectivity index (χ0v) is 14.0. The summed E-state index contributed by atoms with van der Waals surface area (Å²) in [6, 6.07) is 12.4. The molecule has 0 saturated carbocycles. The highest BCUT2D eigenvalue weighted by atomic mass is 16.5. The molecule has 5 nitrogen and oxygen atoms in total. The molecule has 25 heavy (non-hydrogen) atoms. The second-order valence-corrected chi connectivity index (χ2v) is 5.87. The summed E-state index contributed by atoms with van der Waals surface area (Å²) in [5, 5.41) is 0. The van der Waals surface area contributed by atoms with Gasteiger partial charge in [0, 0.05) is 24.8 Å². The Bertz CT molecular complexity index is 925. The van der Waals surface area contributed by atoms with Crippen molar-refractivity contribution >= 4 is 17.3 Å². The first kappa shape index (κ1) is 15.4. The van der Waals surface area contributed by atoms with E-state index < -0.39 is 0 Å². The predicted molar refractivity (Wildman–Crippen MR) is 93.4 cm³/mol. The van der Waals surface area contributed by atoms with Crippen molar-refractivity contribution in [3.63, 3.8) is 0 Å². The number of carbonyl (C=O) groups excluding carboxylic acids is 2. The first-order valence-corrected chi connectivity index (χ1v) is 8.31. The van der Waals surface area contributed by atoms with Crippen LogP contribution in [0, 0.1) is 0 Å². The average Bonchev–Trinajstić information content (AvgIpc) is 3.14. The molecule has 126 valence electrons. The topological polar surface area (TPSA) is 55.8 Å². The van der Waals surface area contributed by atoms with Crippen molar-refractivity contribution in [2.75, 3.05) is 18.0 Å². The van der Waals surface area contributed by atoms with Crippen LogP contribution in [-0.4, -0.2) is 24.7 Å². The van der Waals surface area contributed by atoms with Crippen LogP contribution >= 0.6 is 0 Å². The van der Waals surface area contributed by atoms with Gasteiger partial charge in [-0.15, -0.1) is 0 Å². The summed E-state index contributed by atoms with van der Waals surface area (Å²) in [5.74, 6) is 0.197. The van der Waals surface area contributed by atoms with Crippen LogP contribution in [-0.2, 0) is 0 Å². The van der Waals surface area contributed by atoms with Crippen LogP contribution in [0.15, 0.2) is 54.0 Å². The van der Waals surface area contributed by atoms with Gasteiger partial charge in [0.25, 0.3) is 0 Å². The van der Waals surface area contributed by atoms with Gasteiger partial charge in [0.15, 0.2) is 0 Å². The fourth-order valence-electron chi connectivity index (χ4n) is 3.17. The van der Waals surface area contributed by atoms with E-state index in [-0.39, 0.29) is 23.1 Å². The van der Waals surface area contributed by atoms with E-state index in [0.717, 1.165) is 18.8 Å². The Hall–Kier alpha value is -3.08. The number of carbonyl (C=O) groups is 2. The molecule has 0 N–H and O–H groups in total. The number of ketones is 2. The van der Waals surface area contributed by atoms with Crippen LogP contribution in [0.1, 0.15) is 34.6 Å². The van der Waals surface area contributed by atoms with Crippen LogP contribution in [0.25, 0.3) is 0 Å². The van der Waals surface area contributed by atoms with Gasteiger partial charge in [-0.25, -0.2) is 0 Å². The average molecular weight is 335 g/mol. The number of allylic oxidation sites excluding steroid dienone is 2. The third-order valence-electron chi connectivity index (χ3n) is 4.51. The van der Waals surface area contributed by atoms with Gasteiger partial charge in [-0.3, -0.25) is 9.59 Å². The lowest BCUT2D eigenvalue weighted by Crippen LogP contribution is -2.21. The Labute approximate surface area is 145 Å². The minimum Gasteiger partial charge on any atom is -0.448 e. The van der Waals surface area contributed by atoms with E-state index in [2.05, 4.69) is 18.7 Å². The van der Waals surface area contributed by atoms with Crippen molar-refractivity contribution in [1.82, 2.24) is 0 Å². The van der Waals surface area contributed by atoms with Crippen LogP contribution in [0.5, 0.6) is 11.5 Å². The third kappa shape index (κ3) is 2.31. The van der Waals surface area contributed by atoms with Gasteiger partial charge in [-0.2, -0.15) is 0 Å². The summed E-state index contributed by atoms with van der Waals surface area (Å²) in [5.41, 5.74) is 1.87. The maximum absolute atomic E-state index is 12.7. The number of hydrogen-bond donors (Lipinski definition) is 0. The van der Waals surface area contributed by atoms with Crippen LogP contribution in [0.2, 0.25) is 0 Å². The second kappa shape index (κ2) is 5.77. The van der Waals surface area contributed by atoms with Crippen molar-refractivity contribution in [3.05, 3.63) is 65.1 Å². The minimum absolute atomic E-state index is 0.0344. The second-order valence-electron chi connectivity index (χ2n) is 5.87. The Morgan fingerprint density at radius 3 is 2.04 bits per heavy atom. The molecule has 0 spiro atoms.